The number of hydrogen-bond acceptors (Lipinski definition) is 4. The smallest absolute Gasteiger partial charge is 0.248 e. The highest BCUT2D eigenvalue weighted by molar-refractivity contribution is 6.05. The molecule has 0 spiro atoms. The second-order valence-electron chi connectivity index (χ2n) is 7.03. The highest BCUT2D eigenvalue weighted by atomic mass is 16.5. The minimum Gasteiger partial charge on any atom is -0.496 e. The summed E-state index contributed by atoms with van der Waals surface area (Å²) in [6, 6.07) is 15.7. The summed E-state index contributed by atoms with van der Waals surface area (Å²) in [6.45, 7) is 3.86. The molecule has 150 valence electrons. The molecule has 0 atom stereocenters. The third-order valence-corrected chi connectivity index (χ3v) is 5.03. The van der Waals surface area contributed by atoms with Crippen molar-refractivity contribution in [1.82, 2.24) is 4.98 Å². The van der Waals surface area contributed by atoms with Crippen LogP contribution in [0.4, 0.5) is 5.69 Å². The molecule has 0 unspecified atom stereocenters. The number of fused-ring (bicyclic) bond motifs is 1. The third-order valence-electron chi connectivity index (χ3n) is 5.03. The molecule has 0 aliphatic carbocycles. The first-order chi connectivity index (χ1) is 14.6. The van der Waals surface area contributed by atoms with Gasteiger partial charge in [-0.3, -0.25) is 9.78 Å². The number of hydrogen-bond donors (Lipinski definition) is 1. The second-order valence-corrected chi connectivity index (χ2v) is 7.03. The summed E-state index contributed by atoms with van der Waals surface area (Å²) >= 11 is 0. The topological polar surface area (TPSA) is 64.4 Å². The summed E-state index contributed by atoms with van der Waals surface area (Å²) in [5, 5.41) is 3.81. The highest BCUT2D eigenvalue weighted by Crippen LogP contribution is 2.40. The molecule has 5 heteroatoms. The fraction of sp³-hybridized carbons (Fsp3) is 0.120. The van der Waals surface area contributed by atoms with E-state index in [2.05, 4.69) is 10.3 Å². The van der Waals surface area contributed by atoms with E-state index in [1.54, 1.807) is 44.0 Å². The van der Waals surface area contributed by atoms with Crippen LogP contribution in [0.1, 0.15) is 18.1 Å². The van der Waals surface area contributed by atoms with Crippen molar-refractivity contribution in [1.29, 1.82) is 0 Å². The SMILES string of the molecule is COc1c(/C(C)=C/C(=O)Nc2cccnc2)cc2c(-c3ccccc3)coc2c1C. The first-order valence-corrected chi connectivity index (χ1v) is 9.62. The number of allylic oxidation sites excluding steroid dienone is 1. The lowest BCUT2D eigenvalue weighted by Crippen LogP contribution is -2.08. The quantitative estimate of drug-likeness (QED) is 0.428. The van der Waals surface area contributed by atoms with Gasteiger partial charge in [-0.05, 0) is 43.2 Å². The maximum atomic E-state index is 12.5. The molecular formula is C25H22N2O3. The Balaban J connectivity index is 1.78. The van der Waals surface area contributed by atoms with Crippen LogP contribution >= 0.6 is 0 Å². The summed E-state index contributed by atoms with van der Waals surface area (Å²) < 4.78 is 11.6. The zero-order valence-corrected chi connectivity index (χ0v) is 17.1. The number of pyridine rings is 1. The third kappa shape index (κ3) is 3.70. The number of rotatable bonds is 5. The zero-order valence-electron chi connectivity index (χ0n) is 17.1. The lowest BCUT2D eigenvalue weighted by molar-refractivity contribution is -0.111. The van der Waals surface area contributed by atoms with Crippen molar-refractivity contribution >= 4 is 28.1 Å². The maximum Gasteiger partial charge on any atom is 0.248 e. The number of carbonyl (C=O) groups excluding carboxylic acids is 1. The van der Waals surface area contributed by atoms with Crippen LogP contribution in [0.3, 0.4) is 0 Å². The van der Waals surface area contributed by atoms with Crippen LogP contribution in [0, 0.1) is 6.92 Å². The van der Waals surface area contributed by atoms with Crippen molar-refractivity contribution in [2.24, 2.45) is 0 Å². The number of aromatic nitrogens is 1. The molecule has 30 heavy (non-hydrogen) atoms. The maximum absolute atomic E-state index is 12.5. The van der Waals surface area contributed by atoms with Crippen LogP contribution in [0.2, 0.25) is 0 Å². The van der Waals surface area contributed by atoms with Gasteiger partial charge in [0.05, 0.1) is 25.3 Å². The van der Waals surface area contributed by atoms with E-state index in [9.17, 15) is 4.79 Å². The van der Waals surface area contributed by atoms with Crippen molar-refractivity contribution < 1.29 is 13.9 Å². The van der Waals surface area contributed by atoms with Gasteiger partial charge in [0.2, 0.25) is 5.91 Å². The lowest BCUT2D eigenvalue weighted by Gasteiger charge is -2.13. The minimum absolute atomic E-state index is 0.226. The minimum atomic E-state index is -0.226. The summed E-state index contributed by atoms with van der Waals surface area (Å²) in [7, 11) is 1.63. The first-order valence-electron chi connectivity index (χ1n) is 9.62. The highest BCUT2D eigenvalue weighted by Gasteiger charge is 2.18. The number of amides is 1. The predicted octanol–water partition coefficient (Wildman–Crippen LogP) is 5.85. The number of ether oxygens (including phenoxy) is 1. The van der Waals surface area contributed by atoms with Gasteiger partial charge in [-0.25, -0.2) is 0 Å². The molecule has 0 radical (unpaired) electrons. The Morgan fingerprint density at radius 1 is 1.17 bits per heavy atom. The molecular weight excluding hydrogens is 376 g/mol. The van der Waals surface area contributed by atoms with E-state index in [0.29, 0.717) is 11.4 Å². The van der Waals surface area contributed by atoms with Gasteiger partial charge >= 0.3 is 0 Å². The van der Waals surface area contributed by atoms with Crippen LogP contribution in [-0.4, -0.2) is 18.0 Å². The number of benzene rings is 2. The van der Waals surface area contributed by atoms with Crippen molar-refractivity contribution in [3.8, 4) is 16.9 Å². The Kier molecular flexibility index (Phi) is 5.35. The van der Waals surface area contributed by atoms with E-state index >= 15 is 0 Å². The van der Waals surface area contributed by atoms with E-state index < -0.39 is 0 Å². The Bertz CT molecular complexity index is 1230. The summed E-state index contributed by atoms with van der Waals surface area (Å²) in [5.74, 6) is 0.468. The van der Waals surface area contributed by atoms with Gasteiger partial charge in [-0.2, -0.15) is 0 Å². The average molecular weight is 398 g/mol. The second kappa shape index (κ2) is 8.25. The van der Waals surface area contributed by atoms with E-state index in [4.69, 9.17) is 9.15 Å². The molecule has 2 heterocycles. The molecule has 0 aliphatic heterocycles. The standard InChI is InChI=1S/C25H22N2O3/c1-16(12-23(28)27-19-10-7-11-26-14-19)20-13-21-22(18-8-5-4-6-9-18)15-30-25(21)17(2)24(20)29-3/h4-15H,1-3H3,(H,27,28)/b16-12+. The zero-order chi connectivity index (χ0) is 21.1. The normalized spacial score (nSPS) is 11.5. The molecule has 0 aliphatic rings. The fourth-order valence-electron chi connectivity index (χ4n) is 3.60. The van der Waals surface area contributed by atoms with Gasteiger partial charge < -0.3 is 14.5 Å². The number of aryl methyl sites for hydroxylation is 1. The van der Waals surface area contributed by atoms with Crippen LogP contribution in [0.25, 0.3) is 27.7 Å². The molecule has 0 saturated heterocycles. The van der Waals surface area contributed by atoms with Gasteiger partial charge in [-0.1, -0.05) is 30.3 Å². The fourth-order valence-corrected chi connectivity index (χ4v) is 3.60. The lowest BCUT2D eigenvalue weighted by atomic mass is 9.96. The van der Waals surface area contributed by atoms with Crippen LogP contribution < -0.4 is 10.1 Å². The molecule has 5 nitrogen and oxygen atoms in total. The van der Waals surface area contributed by atoms with Gasteiger partial charge in [0, 0.05) is 34.3 Å². The van der Waals surface area contributed by atoms with E-state index in [1.165, 1.54) is 0 Å². The number of nitrogens with zero attached hydrogens (tertiary/aromatic N) is 1. The summed E-state index contributed by atoms with van der Waals surface area (Å²) in [4.78, 5) is 16.5. The van der Waals surface area contributed by atoms with E-state index in [-0.39, 0.29) is 5.91 Å². The van der Waals surface area contributed by atoms with Crippen LogP contribution in [-0.2, 0) is 4.79 Å². The Hall–Kier alpha value is -3.86. The van der Waals surface area contributed by atoms with Crippen molar-refractivity contribution in [2.45, 2.75) is 13.8 Å². The molecule has 4 rings (SSSR count). The number of anilines is 1. The van der Waals surface area contributed by atoms with Crippen LogP contribution in [0.5, 0.6) is 5.75 Å². The molecule has 4 aromatic rings. The number of nitrogens with one attached hydrogen (secondary N) is 1. The summed E-state index contributed by atoms with van der Waals surface area (Å²) in [5.41, 5.74) is 6.04. The number of carbonyl (C=O) groups is 1. The predicted molar refractivity (Wildman–Crippen MR) is 119 cm³/mol. The molecule has 2 aromatic carbocycles. The van der Waals surface area contributed by atoms with E-state index in [1.807, 2.05) is 50.2 Å². The molecule has 2 aromatic heterocycles. The van der Waals surface area contributed by atoms with Gasteiger partial charge in [0.15, 0.2) is 0 Å². The van der Waals surface area contributed by atoms with Crippen LogP contribution in [0.15, 0.2) is 77.7 Å². The summed E-state index contributed by atoms with van der Waals surface area (Å²) in [6.07, 6.45) is 6.60. The largest absolute Gasteiger partial charge is 0.496 e. The van der Waals surface area contributed by atoms with Gasteiger partial charge in [-0.15, -0.1) is 0 Å². The molecule has 0 saturated carbocycles. The number of furan rings is 1. The van der Waals surface area contributed by atoms with Crippen molar-refractivity contribution in [2.75, 3.05) is 12.4 Å². The average Bonchev–Trinajstić information content (AvgIpc) is 3.19. The van der Waals surface area contributed by atoms with Crippen molar-refractivity contribution in [3.63, 3.8) is 0 Å². The molecule has 0 bridgehead atoms. The Morgan fingerprint density at radius 3 is 2.67 bits per heavy atom. The van der Waals surface area contributed by atoms with Gasteiger partial charge in [0.1, 0.15) is 11.3 Å². The monoisotopic (exact) mass is 398 g/mol. The first kappa shape index (κ1) is 19.5. The van der Waals surface area contributed by atoms with Gasteiger partial charge in [0.25, 0.3) is 0 Å². The molecule has 0 fully saturated rings. The van der Waals surface area contributed by atoms with E-state index in [0.717, 1.165) is 38.8 Å². The molecule has 1 amide bonds. The van der Waals surface area contributed by atoms with Crippen molar-refractivity contribution in [3.05, 3.63) is 84.4 Å². The molecule has 1 N–H and O–H groups in total. The Morgan fingerprint density at radius 2 is 1.97 bits per heavy atom. The Labute approximate surface area is 175 Å². The number of methoxy groups -OCH3 is 1.